The Morgan fingerprint density at radius 3 is 2.38 bits per heavy atom. The Kier molecular flexibility index (Phi) is 12.7. The molecule has 1 saturated heterocycles. The van der Waals surface area contributed by atoms with E-state index in [1.54, 1.807) is 0 Å². The fourth-order valence-electron chi connectivity index (χ4n) is 7.30. The number of allylic oxidation sites excluding steroid dienone is 3. The molecule has 6 heteroatoms. The number of nitrogens with one attached hydrogen (secondary N) is 1. The second kappa shape index (κ2) is 16.3. The van der Waals surface area contributed by atoms with E-state index in [2.05, 4.69) is 126 Å². The summed E-state index contributed by atoms with van der Waals surface area (Å²) in [5, 5.41) is 20.7. The van der Waals surface area contributed by atoms with Gasteiger partial charge in [-0.15, -0.1) is 6.58 Å². The average molecular weight is 652 g/mol. The molecule has 0 radical (unpaired) electrons. The molecule has 6 nitrogen and oxygen atoms in total. The number of rotatable bonds is 12. The van der Waals surface area contributed by atoms with E-state index in [9.17, 15) is 5.21 Å². The van der Waals surface area contributed by atoms with Gasteiger partial charge < -0.3 is 15.4 Å². The van der Waals surface area contributed by atoms with Crippen molar-refractivity contribution >= 4 is 11.4 Å². The van der Waals surface area contributed by atoms with Gasteiger partial charge in [-0.05, 0) is 93.7 Å². The zero-order valence-electron chi connectivity index (χ0n) is 31.0. The van der Waals surface area contributed by atoms with Crippen molar-refractivity contribution in [2.75, 3.05) is 26.3 Å². The summed E-state index contributed by atoms with van der Waals surface area (Å²) >= 11 is 0. The summed E-state index contributed by atoms with van der Waals surface area (Å²) < 4.78 is 2.02. The van der Waals surface area contributed by atoms with Crippen LogP contribution in [0.3, 0.4) is 0 Å². The molecule has 0 amide bonds. The predicted molar refractivity (Wildman–Crippen MR) is 204 cm³/mol. The third-order valence-corrected chi connectivity index (χ3v) is 10.9. The molecule has 1 aliphatic heterocycles. The summed E-state index contributed by atoms with van der Waals surface area (Å²) in [6.45, 7) is 28.9. The van der Waals surface area contributed by atoms with Crippen LogP contribution in [0.5, 0.6) is 0 Å². The van der Waals surface area contributed by atoms with Crippen LogP contribution < -0.4 is 5.32 Å². The van der Waals surface area contributed by atoms with Crippen LogP contribution in [0.4, 0.5) is 0 Å². The lowest BCUT2D eigenvalue weighted by Gasteiger charge is -2.44. The first-order valence-corrected chi connectivity index (χ1v) is 18.1. The highest BCUT2D eigenvalue weighted by molar-refractivity contribution is 5.79. The fourth-order valence-corrected chi connectivity index (χ4v) is 7.30. The van der Waals surface area contributed by atoms with Crippen molar-refractivity contribution in [3.63, 3.8) is 0 Å². The monoisotopic (exact) mass is 651 g/mol. The Morgan fingerprint density at radius 1 is 1.00 bits per heavy atom. The molecule has 48 heavy (non-hydrogen) atoms. The van der Waals surface area contributed by atoms with Crippen LogP contribution in [0.2, 0.25) is 0 Å². The maximum Gasteiger partial charge on any atom is 0.132 e. The van der Waals surface area contributed by atoms with E-state index in [0.29, 0.717) is 19.8 Å². The molecule has 1 saturated carbocycles. The zero-order chi connectivity index (χ0) is 35.1. The van der Waals surface area contributed by atoms with E-state index in [1.165, 1.54) is 36.3 Å². The second-order valence-electron chi connectivity index (χ2n) is 14.6. The van der Waals surface area contributed by atoms with Gasteiger partial charge in [0.1, 0.15) is 5.82 Å². The third-order valence-electron chi connectivity index (χ3n) is 10.9. The molecule has 2 fully saturated rings. The highest BCUT2D eigenvalue weighted by atomic mass is 16.5. The minimum Gasteiger partial charge on any atom is -0.340 e. The standard InChI is InChI=1S/C40H55N5O.C2H6/c1-9-15-32-16-13-17-33(25-32)27-41-40(7,8)39(5,6)36-21-14-20-35(26-36)29(2)24-37(43-22-23-44(46)28-43)45-31(4)38(30(3)42-45)34-18-11-10-12-19-34;1-2/h9-12,14,18-21,24,26,32-33,41,46H,1-2,13,15-17,22-23,25,27-28H2,3-8H3;1-2H3/b37-24-;. The van der Waals surface area contributed by atoms with Crippen molar-refractivity contribution in [1.29, 1.82) is 0 Å². The van der Waals surface area contributed by atoms with Crippen LogP contribution in [0.25, 0.3) is 22.5 Å². The van der Waals surface area contributed by atoms with Gasteiger partial charge in [0.2, 0.25) is 0 Å². The molecule has 5 rings (SSSR count). The fraction of sp³-hybridized carbons (Fsp3) is 0.500. The van der Waals surface area contributed by atoms with Crippen molar-refractivity contribution in [1.82, 2.24) is 25.1 Å². The second-order valence-corrected chi connectivity index (χ2v) is 14.6. The molecule has 1 aliphatic carbocycles. The van der Waals surface area contributed by atoms with Crippen LogP contribution in [0, 0.1) is 25.7 Å². The lowest BCUT2D eigenvalue weighted by Crippen LogP contribution is -2.55. The average Bonchev–Trinajstić information content (AvgIpc) is 3.65. The van der Waals surface area contributed by atoms with Crippen LogP contribution in [-0.2, 0) is 5.41 Å². The SMILES string of the molecule is C=CCC1CCCC(CNC(C)(C)C(C)(C)c2cccc(C(=C)/C=C(/N3CCN(O)C3)n3nc(C)c(-c4ccccc4)c3C)c2)C1.CC. The van der Waals surface area contributed by atoms with Crippen molar-refractivity contribution < 1.29 is 5.21 Å². The molecule has 0 bridgehead atoms. The molecule has 1 aromatic heterocycles. The van der Waals surface area contributed by atoms with Crippen molar-refractivity contribution in [2.45, 2.75) is 98.4 Å². The maximum atomic E-state index is 10.3. The normalized spacial score (nSPS) is 19.2. The predicted octanol–water partition coefficient (Wildman–Crippen LogP) is 9.70. The van der Waals surface area contributed by atoms with E-state index in [1.807, 2.05) is 24.6 Å². The molecule has 260 valence electrons. The van der Waals surface area contributed by atoms with Gasteiger partial charge in [0, 0.05) is 29.6 Å². The lowest BCUT2D eigenvalue weighted by atomic mass is 9.69. The highest BCUT2D eigenvalue weighted by Crippen LogP contribution is 2.38. The molecule has 3 aromatic rings. The molecule has 2 heterocycles. The van der Waals surface area contributed by atoms with Crippen LogP contribution in [-0.4, -0.2) is 56.8 Å². The molecular weight excluding hydrogens is 590 g/mol. The number of hydrogen-bond acceptors (Lipinski definition) is 5. The van der Waals surface area contributed by atoms with Gasteiger partial charge >= 0.3 is 0 Å². The van der Waals surface area contributed by atoms with E-state index in [-0.39, 0.29) is 11.0 Å². The first-order valence-electron chi connectivity index (χ1n) is 18.1. The molecule has 2 atom stereocenters. The molecule has 2 N–H and O–H groups in total. The summed E-state index contributed by atoms with van der Waals surface area (Å²) in [6.07, 6.45) is 10.6. The summed E-state index contributed by atoms with van der Waals surface area (Å²) in [4.78, 5) is 2.17. The number of aromatic nitrogens is 2. The Hall–Kier alpha value is -3.45. The van der Waals surface area contributed by atoms with Gasteiger partial charge in [-0.25, -0.2) is 4.68 Å². The maximum absolute atomic E-state index is 10.3. The summed E-state index contributed by atoms with van der Waals surface area (Å²) in [5.74, 6) is 2.43. The molecule has 2 aromatic carbocycles. The van der Waals surface area contributed by atoms with E-state index >= 15 is 0 Å². The van der Waals surface area contributed by atoms with Gasteiger partial charge in [0.05, 0.1) is 18.1 Å². The van der Waals surface area contributed by atoms with E-state index in [4.69, 9.17) is 5.10 Å². The number of benzene rings is 2. The summed E-state index contributed by atoms with van der Waals surface area (Å²) in [7, 11) is 0. The third kappa shape index (κ3) is 8.39. The topological polar surface area (TPSA) is 56.6 Å². The zero-order valence-corrected chi connectivity index (χ0v) is 31.0. The first kappa shape index (κ1) is 37.4. The Labute approximate surface area is 291 Å². The van der Waals surface area contributed by atoms with Crippen LogP contribution >= 0.6 is 0 Å². The minimum absolute atomic E-state index is 0.114. The molecule has 2 aliphatic rings. The number of aryl methyl sites for hydroxylation is 1. The summed E-state index contributed by atoms with van der Waals surface area (Å²) in [6, 6.07) is 19.3. The molecular formula is C42H61N5O. The lowest BCUT2D eigenvalue weighted by molar-refractivity contribution is -0.0768. The summed E-state index contributed by atoms with van der Waals surface area (Å²) in [5.41, 5.74) is 7.38. The highest BCUT2D eigenvalue weighted by Gasteiger charge is 2.39. The van der Waals surface area contributed by atoms with Crippen molar-refractivity contribution in [2.24, 2.45) is 11.8 Å². The van der Waals surface area contributed by atoms with E-state index in [0.717, 1.165) is 64.3 Å². The van der Waals surface area contributed by atoms with Gasteiger partial charge in [0.15, 0.2) is 0 Å². The van der Waals surface area contributed by atoms with Crippen molar-refractivity contribution in [3.05, 3.63) is 102 Å². The first-order chi connectivity index (χ1) is 22.9. The number of hydrogen-bond donors (Lipinski definition) is 2. The smallest absolute Gasteiger partial charge is 0.132 e. The van der Waals surface area contributed by atoms with Gasteiger partial charge in [-0.3, -0.25) is 0 Å². The Balaban J connectivity index is 0.00000255. The molecule has 0 spiro atoms. The minimum atomic E-state index is -0.127. The van der Waals surface area contributed by atoms with Gasteiger partial charge in [-0.1, -0.05) is 108 Å². The van der Waals surface area contributed by atoms with Crippen LogP contribution in [0.1, 0.15) is 96.2 Å². The Bertz CT molecular complexity index is 1550. The Morgan fingerprint density at radius 2 is 1.71 bits per heavy atom. The molecule has 2 unspecified atom stereocenters. The quantitative estimate of drug-likeness (QED) is 0.151. The number of nitrogens with zero attached hydrogens (tertiary/aromatic N) is 4. The largest absolute Gasteiger partial charge is 0.340 e. The van der Waals surface area contributed by atoms with Gasteiger partial charge in [0.25, 0.3) is 0 Å². The van der Waals surface area contributed by atoms with Gasteiger partial charge in [-0.2, -0.15) is 10.2 Å². The van der Waals surface area contributed by atoms with Crippen molar-refractivity contribution in [3.8, 4) is 11.1 Å². The number of hydroxylamine groups is 2. The van der Waals surface area contributed by atoms with Crippen LogP contribution in [0.15, 0.2) is 79.9 Å². The van der Waals surface area contributed by atoms with E-state index < -0.39 is 0 Å².